The maximum atomic E-state index is 13.8. The molecule has 0 bridgehead atoms. The van der Waals surface area contributed by atoms with Crippen molar-refractivity contribution in [1.82, 2.24) is 0 Å². The van der Waals surface area contributed by atoms with Crippen molar-refractivity contribution < 1.29 is 8.78 Å². The van der Waals surface area contributed by atoms with Crippen LogP contribution in [0.15, 0.2) is 46.9 Å². The molecular formula is C16H12BrF2NS. The van der Waals surface area contributed by atoms with E-state index in [-0.39, 0.29) is 16.2 Å². The van der Waals surface area contributed by atoms with Crippen LogP contribution in [0.2, 0.25) is 0 Å². The van der Waals surface area contributed by atoms with Crippen molar-refractivity contribution in [2.75, 3.05) is 5.32 Å². The lowest BCUT2D eigenvalue weighted by Gasteiger charge is -2.14. The van der Waals surface area contributed by atoms with E-state index in [1.165, 1.54) is 16.2 Å². The number of thiophene rings is 1. The minimum absolute atomic E-state index is 0.0609. The summed E-state index contributed by atoms with van der Waals surface area (Å²) < 4.78 is 28.5. The molecule has 5 heteroatoms. The minimum Gasteiger partial charge on any atom is -0.375 e. The van der Waals surface area contributed by atoms with Gasteiger partial charge in [-0.3, -0.25) is 0 Å². The van der Waals surface area contributed by atoms with Crippen LogP contribution in [0.25, 0.3) is 10.1 Å². The largest absolute Gasteiger partial charge is 0.375 e. The average Bonchev–Trinajstić information content (AvgIpc) is 2.88. The predicted molar refractivity (Wildman–Crippen MR) is 87.9 cm³/mol. The molecule has 108 valence electrons. The highest BCUT2D eigenvalue weighted by Crippen LogP contribution is 2.33. The zero-order chi connectivity index (χ0) is 15.0. The maximum Gasteiger partial charge on any atom is 0.149 e. The highest BCUT2D eigenvalue weighted by molar-refractivity contribution is 9.10. The second kappa shape index (κ2) is 5.73. The second-order valence-electron chi connectivity index (χ2n) is 4.80. The summed E-state index contributed by atoms with van der Waals surface area (Å²) >= 11 is 4.74. The first-order valence-corrected chi connectivity index (χ1v) is 8.05. The fraction of sp³-hybridized carbons (Fsp3) is 0.125. The Bertz CT molecular complexity index is 767. The average molecular weight is 368 g/mol. The van der Waals surface area contributed by atoms with Crippen LogP contribution >= 0.6 is 27.3 Å². The molecular weight excluding hydrogens is 356 g/mol. The zero-order valence-corrected chi connectivity index (χ0v) is 13.6. The molecule has 0 radical (unpaired) electrons. The molecule has 1 unspecified atom stereocenters. The molecule has 21 heavy (non-hydrogen) atoms. The topological polar surface area (TPSA) is 12.0 Å². The number of hydrogen-bond acceptors (Lipinski definition) is 2. The number of nitrogens with one attached hydrogen (secondary N) is 1. The Morgan fingerprint density at radius 2 is 1.86 bits per heavy atom. The number of halogens is 3. The van der Waals surface area contributed by atoms with Crippen LogP contribution in [0.3, 0.4) is 0 Å². The molecule has 0 amide bonds. The smallest absolute Gasteiger partial charge is 0.149 e. The highest BCUT2D eigenvalue weighted by atomic mass is 79.9. The van der Waals surface area contributed by atoms with Gasteiger partial charge in [0.1, 0.15) is 11.6 Å². The van der Waals surface area contributed by atoms with Crippen molar-refractivity contribution in [2.24, 2.45) is 0 Å². The third-order valence-electron chi connectivity index (χ3n) is 3.25. The maximum absolute atomic E-state index is 13.8. The lowest BCUT2D eigenvalue weighted by Crippen LogP contribution is -2.06. The molecule has 0 aliphatic carbocycles. The van der Waals surface area contributed by atoms with Gasteiger partial charge in [-0.25, -0.2) is 8.78 Å². The van der Waals surface area contributed by atoms with E-state index < -0.39 is 11.6 Å². The molecule has 0 saturated carbocycles. The molecule has 3 rings (SSSR count). The Kier molecular flexibility index (Phi) is 3.95. The summed E-state index contributed by atoms with van der Waals surface area (Å²) in [7, 11) is 0. The van der Waals surface area contributed by atoms with E-state index in [0.717, 1.165) is 10.9 Å². The molecule has 0 aliphatic heterocycles. The fourth-order valence-electron chi connectivity index (χ4n) is 2.15. The van der Waals surface area contributed by atoms with E-state index in [2.05, 4.69) is 39.4 Å². The van der Waals surface area contributed by atoms with Crippen molar-refractivity contribution in [3.8, 4) is 0 Å². The third-order valence-corrected chi connectivity index (χ3v) is 5.16. The van der Waals surface area contributed by atoms with Gasteiger partial charge in [0, 0.05) is 15.6 Å². The molecule has 0 aliphatic rings. The molecule has 2 aromatic carbocycles. The van der Waals surface area contributed by atoms with Gasteiger partial charge in [0.15, 0.2) is 0 Å². The number of benzene rings is 2. The van der Waals surface area contributed by atoms with Crippen molar-refractivity contribution in [1.29, 1.82) is 0 Å². The lowest BCUT2D eigenvalue weighted by atomic mass is 10.2. The van der Waals surface area contributed by atoms with Gasteiger partial charge < -0.3 is 5.32 Å². The summed E-state index contributed by atoms with van der Waals surface area (Å²) in [6.07, 6.45) is 0. The zero-order valence-electron chi connectivity index (χ0n) is 11.2. The van der Waals surface area contributed by atoms with Crippen LogP contribution in [0.5, 0.6) is 0 Å². The molecule has 0 spiro atoms. The van der Waals surface area contributed by atoms with Gasteiger partial charge in [0.25, 0.3) is 0 Å². The van der Waals surface area contributed by atoms with Gasteiger partial charge >= 0.3 is 0 Å². The van der Waals surface area contributed by atoms with E-state index >= 15 is 0 Å². The third kappa shape index (κ3) is 2.94. The van der Waals surface area contributed by atoms with E-state index in [1.807, 2.05) is 19.1 Å². The summed E-state index contributed by atoms with van der Waals surface area (Å²) in [5.41, 5.74) is 0.285. The fourth-order valence-corrected chi connectivity index (χ4v) is 3.56. The van der Waals surface area contributed by atoms with Crippen LogP contribution in [0, 0.1) is 11.6 Å². The number of hydrogen-bond donors (Lipinski definition) is 1. The number of rotatable bonds is 3. The monoisotopic (exact) mass is 367 g/mol. The molecule has 1 aromatic heterocycles. The van der Waals surface area contributed by atoms with Crippen LogP contribution in [0.4, 0.5) is 14.5 Å². The lowest BCUT2D eigenvalue weighted by molar-refractivity contribution is 0.579. The first-order chi connectivity index (χ1) is 10.0. The summed E-state index contributed by atoms with van der Waals surface area (Å²) in [6.45, 7) is 1.96. The van der Waals surface area contributed by atoms with Gasteiger partial charge in [-0.1, -0.05) is 18.2 Å². The van der Waals surface area contributed by atoms with Crippen molar-refractivity contribution in [3.63, 3.8) is 0 Å². The molecule has 1 nitrogen and oxygen atoms in total. The molecule has 3 aromatic rings. The summed E-state index contributed by atoms with van der Waals surface area (Å²) in [6, 6.07) is 12.4. The van der Waals surface area contributed by atoms with Crippen LogP contribution < -0.4 is 5.32 Å². The minimum atomic E-state index is -0.604. The Morgan fingerprint density at radius 3 is 2.62 bits per heavy atom. The quantitative estimate of drug-likeness (QED) is 0.550. The van der Waals surface area contributed by atoms with Crippen molar-refractivity contribution in [3.05, 3.63) is 63.4 Å². The van der Waals surface area contributed by atoms with Crippen molar-refractivity contribution >= 4 is 43.0 Å². The van der Waals surface area contributed by atoms with Crippen molar-refractivity contribution in [2.45, 2.75) is 13.0 Å². The predicted octanol–water partition coefficient (Wildman–Crippen LogP) is 6.12. The summed E-state index contributed by atoms with van der Waals surface area (Å²) in [5, 5.41) is 4.27. The Labute approximate surface area is 133 Å². The molecule has 0 saturated heterocycles. The Morgan fingerprint density at radius 1 is 1.10 bits per heavy atom. The van der Waals surface area contributed by atoms with Gasteiger partial charge in [0.2, 0.25) is 0 Å². The SMILES string of the molecule is CC(Nc1cc(Br)c(F)cc1F)c1cc2ccccc2s1. The van der Waals surface area contributed by atoms with E-state index in [0.29, 0.717) is 0 Å². The first kappa shape index (κ1) is 14.5. The number of anilines is 1. The number of fused-ring (bicyclic) bond motifs is 1. The van der Waals surface area contributed by atoms with Gasteiger partial charge in [-0.05, 0) is 46.4 Å². The van der Waals surface area contributed by atoms with E-state index in [9.17, 15) is 8.78 Å². The van der Waals surface area contributed by atoms with Crippen LogP contribution in [-0.4, -0.2) is 0 Å². The molecule has 0 fully saturated rings. The second-order valence-corrected chi connectivity index (χ2v) is 6.77. The molecule has 1 atom stereocenters. The normalized spacial score (nSPS) is 12.6. The highest BCUT2D eigenvalue weighted by Gasteiger charge is 2.13. The first-order valence-electron chi connectivity index (χ1n) is 6.44. The van der Waals surface area contributed by atoms with Crippen LogP contribution in [-0.2, 0) is 0 Å². The Balaban J connectivity index is 1.89. The van der Waals surface area contributed by atoms with Gasteiger partial charge in [0.05, 0.1) is 16.2 Å². The van der Waals surface area contributed by atoms with Crippen LogP contribution in [0.1, 0.15) is 17.8 Å². The van der Waals surface area contributed by atoms with Gasteiger partial charge in [-0.2, -0.15) is 0 Å². The van der Waals surface area contributed by atoms with Gasteiger partial charge in [-0.15, -0.1) is 11.3 Å². The Hall–Kier alpha value is -1.46. The summed E-state index contributed by atoms with van der Waals surface area (Å²) in [4.78, 5) is 1.11. The molecule has 1 N–H and O–H groups in total. The standard InChI is InChI=1S/C16H12BrF2NS/c1-9(16-6-10-4-2-3-5-15(10)21-16)20-14-7-11(17)12(18)8-13(14)19/h2-9,20H,1H3. The van der Waals surface area contributed by atoms with E-state index in [4.69, 9.17) is 0 Å². The summed E-state index contributed by atoms with van der Waals surface area (Å²) in [5.74, 6) is -1.20. The van der Waals surface area contributed by atoms with E-state index in [1.54, 1.807) is 11.3 Å². The molecule has 1 heterocycles.